The van der Waals surface area contributed by atoms with Crippen molar-refractivity contribution in [3.05, 3.63) is 35.1 Å². The van der Waals surface area contributed by atoms with Gasteiger partial charge >= 0.3 is 0 Å². The molecule has 2 rings (SSSR count). The fourth-order valence-corrected chi connectivity index (χ4v) is 3.78. The van der Waals surface area contributed by atoms with Gasteiger partial charge in [0.15, 0.2) is 0 Å². The van der Waals surface area contributed by atoms with Crippen molar-refractivity contribution in [1.29, 1.82) is 0 Å². The highest BCUT2D eigenvalue weighted by Crippen LogP contribution is 2.41. The van der Waals surface area contributed by atoms with E-state index in [0.717, 1.165) is 18.5 Å². The van der Waals surface area contributed by atoms with Gasteiger partial charge < -0.3 is 10.0 Å². The molecular weight excluding hydrogens is 281 g/mol. The second-order valence-electron chi connectivity index (χ2n) is 6.35. The zero-order chi connectivity index (χ0) is 16.3. The van der Waals surface area contributed by atoms with E-state index in [-0.39, 0.29) is 30.0 Å². The Bertz CT molecular complexity index is 532. The summed E-state index contributed by atoms with van der Waals surface area (Å²) in [4.78, 5) is 14.4. The van der Waals surface area contributed by atoms with Crippen molar-refractivity contribution < 1.29 is 14.3 Å². The fourth-order valence-electron chi connectivity index (χ4n) is 3.78. The Morgan fingerprint density at radius 1 is 1.41 bits per heavy atom. The van der Waals surface area contributed by atoms with Crippen LogP contribution >= 0.6 is 0 Å². The predicted molar refractivity (Wildman–Crippen MR) is 85.4 cm³/mol. The van der Waals surface area contributed by atoms with E-state index in [9.17, 15) is 14.3 Å². The lowest BCUT2D eigenvalue weighted by molar-refractivity contribution is -0.124. The number of carbonyl (C=O) groups is 1. The van der Waals surface area contributed by atoms with E-state index in [2.05, 4.69) is 11.8 Å². The summed E-state index contributed by atoms with van der Waals surface area (Å²) in [5, 5.41) is 9.19. The lowest BCUT2D eigenvalue weighted by atomic mass is 9.70. The summed E-state index contributed by atoms with van der Waals surface area (Å²) in [5.41, 5.74) is 1.63. The van der Waals surface area contributed by atoms with Crippen LogP contribution in [0.15, 0.2) is 18.2 Å². The Labute approximate surface area is 132 Å². The van der Waals surface area contributed by atoms with Crippen molar-refractivity contribution >= 4 is 5.78 Å². The largest absolute Gasteiger partial charge is 0.395 e. The number of piperidine rings is 1. The first-order chi connectivity index (χ1) is 10.5. The van der Waals surface area contributed by atoms with Gasteiger partial charge in [0.2, 0.25) is 0 Å². The van der Waals surface area contributed by atoms with E-state index >= 15 is 0 Å². The molecule has 1 N–H and O–H groups in total. The summed E-state index contributed by atoms with van der Waals surface area (Å²) in [6.45, 7) is 7.73. The maximum Gasteiger partial charge on any atom is 0.134 e. The Morgan fingerprint density at radius 3 is 2.73 bits per heavy atom. The van der Waals surface area contributed by atoms with Gasteiger partial charge in [-0.2, -0.15) is 0 Å². The molecule has 0 bridgehead atoms. The molecule has 4 heteroatoms. The number of hydrogen-bond donors (Lipinski definition) is 1. The van der Waals surface area contributed by atoms with E-state index < -0.39 is 0 Å². The molecule has 0 spiro atoms. The molecule has 3 atom stereocenters. The molecule has 1 aromatic carbocycles. The number of nitrogens with zero attached hydrogens (tertiary/aromatic N) is 1. The number of Topliss-reactive ketones (excluding diaryl/α,β-unsaturated/α-hetero) is 1. The molecule has 1 aliphatic rings. The molecule has 3 unspecified atom stereocenters. The molecule has 3 nitrogen and oxygen atoms in total. The number of aliphatic hydroxyl groups is 1. The van der Waals surface area contributed by atoms with Gasteiger partial charge in [-0.15, -0.1) is 0 Å². The summed E-state index contributed by atoms with van der Waals surface area (Å²) in [7, 11) is 0. The van der Waals surface area contributed by atoms with Gasteiger partial charge in [0, 0.05) is 25.6 Å². The molecule has 1 aliphatic heterocycles. The molecule has 0 radical (unpaired) electrons. The Hall–Kier alpha value is -1.26. The third-order valence-corrected chi connectivity index (χ3v) is 5.02. The molecular formula is C18H26FNO2. The fraction of sp³-hybridized carbons (Fsp3) is 0.611. The maximum atomic E-state index is 14.0. The first-order valence-corrected chi connectivity index (χ1v) is 8.08. The number of carbonyl (C=O) groups excluding carboxylic acids is 1. The first kappa shape index (κ1) is 17.1. The zero-order valence-corrected chi connectivity index (χ0v) is 13.7. The average Bonchev–Trinajstić information content (AvgIpc) is 2.49. The van der Waals surface area contributed by atoms with Crippen molar-refractivity contribution in [1.82, 2.24) is 4.90 Å². The van der Waals surface area contributed by atoms with E-state index in [4.69, 9.17) is 0 Å². The summed E-state index contributed by atoms with van der Waals surface area (Å²) in [6.07, 6.45) is 0.937. The van der Waals surface area contributed by atoms with Crippen molar-refractivity contribution in [2.45, 2.75) is 33.1 Å². The Kier molecular flexibility index (Phi) is 5.70. The van der Waals surface area contributed by atoms with E-state index in [1.165, 1.54) is 6.07 Å². The van der Waals surface area contributed by atoms with Crippen molar-refractivity contribution in [3.8, 4) is 0 Å². The van der Waals surface area contributed by atoms with Gasteiger partial charge in [-0.3, -0.25) is 4.79 Å². The molecule has 1 aromatic rings. The molecule has 0 aliphatic carbocycles. The van der Waals surface area contributed by atoms with Crippen LogP contribution in [0.1, 0.15) is 37.3 Å². The number of benzene rings is 1. The number of likely N-dealkylation sites (tertiary alicyclic amines) is 1. The number of rotatable bonds is 5. The van der Waals surface area contributed by atoms with E-state index in [1.807, 2.05) is 6.07 Å². The Balaban J connectivity index is 2.40. The maximum absolute atomic E-state index is 14.0. The molecule has 122 valence electrons. The third-order valence-electron chi connectivity index (χ3n) is 5.02. The summed E-state index contributed by atoms with van der Waals surface area (Å²) < 4.78 is 14.0. The molecule has 0 saturated carbocycles. The highest BCUT2D eigenvalue weighted by molar-refractivity contribution is 5.80. The van der Waals surface area contributed by atoms with Crippen molar-refractivity contribution in [2.75, 3.05) is 26.2 Å². The number of ketones is 1. The van der Waals surface area contributed by atoms with Crippen LogP contribution in [0.2, 0.25) is 0 Å². The average molecular weight is 307 g/mol. The topological polar surface area (TPSA) is 40.5 Å². The van der Waals surface area contributed by atoms with Crippen LogP contribution in [0.4, 0.5) is 4.39 Å². The van der Waals surface area contributed by atoms with E-state index in [1.54, 1.807) is 19.9 Å². The van der Waals surface area contributed by atoms with Gasteiger partial charge in [0.1, 0.15) is 11.6 Å². The number of β-amino-alcohol motifs (C(OH)–C–C–N with tert-alkyl or cyclic N) is 1. The van der Waals surface area contributed by atoms with Crippen LogP contribution in [0.3, 0.4) is 0 Å². The molecule has 0 aromatic heterocycles. The number of hydrogen-bond acceptors (Lipinski definition) is 3. The van der Waals surface area contributed by atoms with Crippen LogP contribution in [0.5, 0.6) is 0 Å². The van der Waals surface area contributed by atoms with Gasteiger partial charge in [-0.05, 0) is 42.9 Å². The number of halogens is 1. The van der Waals surface area contributed by atoms with Crippen LogP contribution in [0, 0.1) is 24.6 Å². The van der Waals surface area contributed by atoms with Crippen LogP contribution in [-0.2, 0) is 4.79 Å². The minimum Gasteiger partial charge on any atom is -0.395 e. The normalized spacial score (nSPS) is 26.1. The SMILES string of the molecule is CCC1CN(CCO)CC(C(C)=O)C1c1cccc(F)c1C. The summed E-state index contributed by atoms with van der Waals surface area (Å²) in [5.74, 6) is 0.177. The molecule has 1 saturated heterocycles. The smallest absolute Gasteiger partial charge is 0.134 e. The second kappa shape index (κ2) is 7.34. The van der Waals surface area contributed by atoms with Gasteiger partial charge in [0.05, 0.1) is 6.61 Å². The minimum atomic E-state index is -0.201. The van der Waals surface area contributed by atoms with Crippen LogP contribution in [-0.4, -0.2) is 42.0 Å². The molecule has 22 heavy (non-hydrogen) atoms. The third kappa shape index (κ3) is 3.39. The molecule has 0 amide bonds. The highest BCUT2D eigenvalue weighted by atomic mass is 19.1. The van der Waals surface area contributed by atoms with E-state index in [0.29, 0.717) is 24.6 Å². The summed E-state index contributed by atoms with van der Waals surface area (Å²) in [6, 6.07) is 5.18. The molecule has 1 fully saturated rings. The van der Waals surface area contributed by atoms with Crippen molar-refractivity contribution in [3.63, 3.8) is 0 Å². The van der Waals surface area contributed by atoms with Gasteiger partial charge in [0.25, 0.3) is 0 Å². The lowest BCUT2D eigenvalue weighted by Crippen LogP contribution is -2.48. The van der Waals surface area contributed by atoms with Crippen molar-refractivity contribution in [2.24, 2.45) is 11.8 Å². The quantitative estimate of drug-likeness (QED) is 0.909. The first-order valence-electron chi connectivity index (χ1n) is 8.08. The summed E-state index contributed by atoms with van der Waals surface area (Å²) >= 11 is 0. The lowest BCUT2D eigenvalue weighted by Gasteiger charge is -2.43. The standard InChI is InChI=1S/C18H26FNO2/c1-4-14-10-20(8-9-21)11-16(13(3)22)18(14)15-6-5-7-17(19)12(15)2/h5-7,14,16,18,21H,4,8-11H2,1-3H3. The van der Waals surface area contributed by atoms with Gasteiger partial charge in [-0.1, -0.05) is 25.5 Å². The predicted octanol–water partition coefficient (Wildman–Crippen LogP) is 2.76. The zero-order valence-electron chi connectivity index (χ0n) is 13.7. The van der Waals surface area contributed by atoms with Gasteiger partial charge in [-0.25, -0.2) is 4.39 Å². The minimum absolute atomic E-state index is 0.0631. The highest BCUT2D eigenvalue weighted by Gasteiger charge is 2.39. The Morgan fingerprint density at radius 2 is 2.14 bits per heavy atom. The molecule has 1 heterocycles. The van der Waals surface area contributed by atoms with Crippen LogP contribution in [0.25, 0.3) is 0 Å². The second-order valence-corrected chi connectivity index (χ2v) is 6.35. The van der Waals surface area contributed by atoms with Crippen LogP contribution < -0.4 is 0 Å². The monoisotopic (exact) mass is 307 g/mol. The number of aliphatic hydroxyl groups excluding tert-OH is 1.